The van der Waals surface area contributed by atoms with E-state index in [1.165, 1.54) is 0 Å². The summed E-state index contributed by atoms with van der Waals surface area (Å²) >= 11 is 0. The Labute approximate surface area is 131 Å². The Morgan fingerprint density at radius 2 is 1.86 bits per heavy atom. The molecular formula is C17H25NO4. The molecule has 0 aromatic heterocycles. The fourth-order valence-corrected chi connectivity index (χ4v) is 2.03. The van der Waals surface area contributed by atoms with Gasteiger partial charge in [0, 0.05) is 19.4 Å². The van der Waals surface area contributed by atoms with E-state index in [1.54, 1.807) is 0 Å². The second-order valence-corrected chi connectivity index (χ2v) is 5.27. The second kappa shape index (κ2) is 10.7. The van der Waals surface area contributed by atoms with Gasteiger partial charge in [-0.3, -0.25) is 9.59 Å². The van der Waals surface area contributed by atoms with E-state index in [0.29, 0.717) is 32.4 Å². The van der Waals surface area contributed by atoms with Gasteiger partial charge in [-0.25, -0.2) is 0 Å². The lowest BCUT2D eigenvalue weighted by atomic mass is 10.2. The summed E-state index contributed by atoms with van der Waals surface area (Å²) in [7, 11) is 0. The van der Waals surface area contributed by atoms with E-state index in [9.17, 15) is 9.59 Å². The van der Waals surface area contributed by atoms with Crippen molar-refractivity contribution in [3.05, 3.63) is 29.8 Å². The van der Waals surface area contributed by atoms with E-state index in [4.69, 9.17) is 9.84 Å². The number of para-hydroxylation sites is 1. The van der Waals surface area contributed by atoms with Crippen molar-refractivity contribution in [2.75, 3.05) is 13.2 Å². The average molecular weight is 307 g/mol. The molecule has 1 aromatic carbocycles. The number of rotatable bonds is 11. The van der Waals surface area contributed by atoms with Crippen LogP contribution in [0.15, 0.2) is 24.3 Å². The molecule has 5 nitrogen and oxygen atoms in total. The molecule has 0 spiro atoms. The molecule has 0 radical (unpaired) electrons. The molecule has 122 valence electrons. The molecule has 1 rings (SSSR count). The first-order chi connectivity index (χ1) is 10.6. The molecule has 0 fully saturated rings. The first kappa shape index (κ1) is 18.0. The minimum Gasteiger partial charge on any atom is -0.493 e. The molecule has 1 aromatic rings. The number of unbranched alkanes of at least 4 members (excludes halogenated alkanes) is 2. The molecule has 0 bridgehead atoms. The monoisotopic (exact) mass is 307 g/mol. The van der Waals surface area contributed by atoms with Gasteiger partial charge < -0.3 is 15.2 Å². The Kier molecular flexibility index (Phi) is 8.72. The van der Waals surface area contributed by atoms with E-state index in [-0.39, 0.29) is 12.3 Å². The SMILES string of the molecule is Cc1ccccc1OCCCC(=O)NCCCCCC(=O)O. The van der Waals surface area contributed by atoms with E-state index in [1.807, 2.05) is 31.2 Å². The first-order valence-electron chi connectivity index (χ1n) is 7.76. The van der Waals surface area contributed by atoms with Crippen molar-refractivity contribution in [2.45, 2.75) is 45.4 Å². The summed E-state index contributed by atoms with van der Waals surface area (Å²) in [4.78, 5) is 21.9. The topological polar surface area (TPSA) is 75.6 Å². The molecular weight excluding hydrogens is 282 g/mol. The molecule has 0 saturated carbocycles. The van der Waals surface area contributed by atoms with Crippen LogP contribution < -0.4 is 10.1 Å². The average Bonchev–Trinajstić information content (AvgIpc) is 2.48. The van der Waals surface area contributed by atoms with Gasteiger partial charge in [0.15, 0.2) is 0 Å². The molecule has 2 N–H and O–H groups in total. The maximum Gasteiger partial charge on any atom is 0.303 e. The minimum atomic E-state index is -0.766. The zero-order valence-electron chi connectivity index (χ0n) is 13.1. The van der Waals surface area contributed by atoms with E-state index in [2.05, 4.69) is 5.32 Å². The number of aliphatic carboxylic acids is 1. The van der Waals surface area contributed by atoms with Crippen molar-refractivity contribution >= 4 is 11.9 Å². The van der Waals surface area contributed by atoms with Gasteiger partial charge in [0.2, 0.25) is 5.91 Å². The third-order valence-corrected chi connectivity index (χ3v) is 3.29. The zero-order valence-corrected chi connectivity index (χ0v) is 13.1. The van der Waals surface area contributed by atoms with Gasteiger partial charge in [-0.15, -0.1) is 0 Å². The second-order valence-electron chi connectivity index (χ2n) is 5.27. The van der Waals surface area contributed by atoms with Gasteiger partial charge in [-0.2, -0.15) is 0 Å². The number of carbonyl (C=O) groups is 2. The number of ether oxygens (including phenoxy) is 1. The number of carboxylic acid groups (broad SMARTS) is 1. The summed E-state index contributed by atoms with van der Waals surface area (Å²) in [6, 6.07) is 7.81. The third-order valence-electron chi connectivity index (χ3n) is 3.29. The van der Waals surface area contributed by atoms with Crippen LogP contribution in [0.2, 0.25) is 0 Å². The summed E-state index contributed by atoms with van der Waals surface area (Å²) < 4.78 is 5.63. The Morgan fingerprint density at radius 3 is 2.59 bits per heavy atom. The first-order valence-corrected chi connectivity index (χ1v) is 7.76. The molecule has 0 heterocycles. The van der Waals surface area contributed by atoms with Gasteiger partial charge in [0.1, 0.15) is 5.75 Å². The van der Waals surface area contributed by atoms with Crippen LogP contribution in [0, 0.1) is 6.92 Å². The van der Waals surface area contributed by atoms with E-state index >= 15 is 0 Å². The number of carbonyl (C=O) groups excluding carboxylic acids is 1. The quantitative estimate of drug-likeness (QED) is 0.616. The molecule has 0 aliphatic heterocycles. The lowest BCUT2D eigenvalue weighted by Crippen LogP contribution is -2.24. The number of hydrogen-bond donors (Lipinski definition) is 2. The largest absolute Gasteiger partial charge is 0.493 e. The summed E-state index contributed by atoms with van der Waals surface area (Å²) in [6.45, 7) is 3.13. The van der Waals surface area contributed by atoms with Crippen molar-refractivity contribution < 1.29 is 19.4 Å². The van der Waals surface area contributed by atoms with Crippen LogP contribution in [-0.4, -0.2) is 30.1 Å². The molecule has 0 unspecified atom stereocenters. The lowest BCUT2D eigenvalue weighted by molar-refractivity contribution is -0.137. The predicted molar refractivity (Wildman–Crippen MR) is 85.0 cm³/mol. The van der Waals surface area contributed by atoms with Gasteiger partial charge >= 0.3 is 5.97 Å². The van der Waals surface area contributed by atoms with Gasteiger partial charge in [0.05, 0.1) is 6.61 Å². The molecule has 1 amide bonds. The third kappa shape index (κ3) is 8.29. The smallest absolute Gasteiger partial charge is 0.303 e. The fourth-order valence-electron chi connectivity index (χ4n) is 2.03. The highest BCUT2D eigenvalue weighted by Crippen LogP contribution is 2.16. The Hall–Kier alpha value is -2.04. The fraction of sp³-hybridized carbons (Fsp3) is 0.529. The van der Waals surface area contributed by atoms with Crippen molar-refractivity contribution in [3.63, 3.8) is 0 Å². The molecule has 22 heavy (non-hydrogen) atoms. The summed E-state index contributed by atoms with van der Waals surface area (Å²) in [6.07, 6.45) is 3.63. The number of carboxylic acids is 1. The van der Waals surface area contributed by atoms with Crippen LogP contribution in [0.4, 0.5) is 0 Å². The Balaban J connectivity index is 2.00. The Bertz CT molecular complexity index is 473. The van der Waals surface area contributed by atoms with Crippen molar-refractivity contribution in [2.24, 2.45) is 0 Å². The van der Waals surface area contributed by atoms with Crippen LogP contribution in [0.25, 0.3) is 0 Å². The minimum absolute atomic E-state index is 0.0200. The highest BCUT2D eigenvalue weighted by molar-refractivity contribution is 5.75. The van der Waals surface area contributed by atoms with Crippen LogP contribution in [0.5, 0.6) is 5.75 Å². The van der Waals surface area contributed by atoms with Gasteiger partial charge in [0.25, 0.3) is 0 Å². The van der Waals surface area contributed by atoms with Crippen LogP contribution in [0.1, 0.15) is 44.1 Å². The predicted octanol–water partition coefficient (Wildman–Crippen LogP) is 2.92. The normalized spacial score (nSPS) is 10.2. The number of nitrogens with one attached hydrogen (secondary N) is 1. The number of amides is 1. The molecule has 0 aliphatic carbocycles. The summed E-state index contributed by atoms with van der Waals surface area (Å²) in [5.41, 5.74) is 1.09. The highest BCUT2D eigenvalue weighted by atomic mass is 16.5. The number of hydrogen-bond acceptors (Lipinski definition) is 3. The number of aryl methyl sites for hydroxylation is 1. The Morgan fingerprint density at radius 1 is 1.09 bits per heavy atom. The van der Waals surface area contributed by atoms with Gasteiger partial charge in [-0.05, 0) is 37.8 Å². The lowest BCUT2D eigenvalue weighted by Gasteiger charge is -2.09. The van der Waals surface area contributed by atoms with Crippen molar-refractivity contribution in [1.82, 2.24) is 5.32 Å². The van der Waals surface area contributed by atoms with Crippen LogP contribution in [0.3, 0.4) is 0 Å². The van der Waals surface area contributed by atoms with Crippen molar-refractivity contribution in [3.8, 4) is 5.75 Å². The molecule has 0 atom stereocenters. The summed E-state index contributed by atoms with van der Waals surface area (Å²) in [5, 5.41) is 11.3. The molecule has 0 saturated heterocycles. The zero-order chi connectivity index (χ0) is 16.2. The molecule has 5 heteroatoms. The van der Waals surface area contributed by atoms with Crippen LogP contribution >= 0.6 is 0 Å². The summed E-state index contributed by atoms with van der Waals surface area (Å²) in [5.74, 6) is 0.116. The highest BCUT2D eigenvalue weighted by Gasteiger charge is 2.02. The standard InChI is InChI=1S/C17H25NO4/c1-14-8-4-5-9-15(14)22-13-7-10-16(19)18-12-6-2-3-11-17(20)21/h4-5,8-9H,2-3,6-7,10-13H2,1H3,(H,18,19)(H,20,21). The maximum absolute atomic E-state index is 11.6. The van der Waals surface area contributed by atoms with Crippen LogP contribution in [-0.2, 0) is 9.59 Å². The molecule has 0 aliphatic rings. The van der Waals surface area contributed by atoms with E-state index in [0.717, 1.165) is 24.2 Å². The maximum atomic E-state index is 11.6. The van der Waals surface area contributed by atoms with Gasteiger partial charge in [-0.1, -0.05) is 24.6 Å². The van der Waals surface area contributed by atoms with E-state index < -0.39 is 5.97 Å². The number of benzene rings is 1. The van der Waals surface area contributed by atoms with Crippen molar-refractivity contribution in [1.29, 1.82) is 0 Å².